The number of anilines is 1. The SMILES string of the molecule is CC(CC1CC1)Nc1cccc(C(=O)O)n1. The van der Waals surface area contributed by atoms with Crippen molar-refractivity contribution in [1.29, 1.82) is 0 Å². The van der Waals surface area contributed by atoms with Gasteiger partial charge >= 0.3 is 5.97 Å². The van der Waals surface area contributed by atoms with E-state index in [1.807, 2.05) is 0 Å². The predicted octanol–water partition coefficient (Wildman–Crippen LogP) is 2.38. The highest BCUT2D eigenvalue weighted by molar-refractivity contribution is 5.85. The molecule has 1 heterocycles. The van der Waals surface area contributed by atoms with E-state index in [1.165, 1.54) is 18.9 Å². The summed E-state index contributed by atoms with van der Waals surface area (Å²) in [6.07, 6.45) is 3.79. The molecule has 2 rings (SSSR count). The molecule has 1 unspecified atom stereocenters. The molecular formula is C12H16N2O2. The lowest BCUT2D eigenvalue weighted by molar-refractivity contribution is 0.0690. The van der Waals surface area contributed by atoms with Crippen LogP contribution in [0, 0.1) is 5.92 Å². The van der Waals surface area contributed by atoms with E-state index >= 15 is 0 Å². The molecule has 0 bridgehead atoms. The van der Waals surface area contributed by atoms with E-state index in [2.05, 4.69) is 17.2 Å². The van der Waals surface area contributed by atoms with Crippen LogP contribution in [0.15, 0.2) is 18.2 Å². The van der Waals surface area contributed by atoms with Crippen LogP contribution in [0.4, 0.5) is 5.82 Å². The molecule has 1 aromatic heterocycles. The van der Waals surface area contributed by atoms with Gasteiger partial charge in [0.2, 0.25) is 0 Å². The molecule has 0 aromatic carbocycles. The Labute approximate surface area is 94.7 Å². The number of aromatic carboxylic acids is 1. The smallest absolute Gasteiger partial charge is 0.354 e. The van der Waals surface area contributed by atoms with Gasteiger partial charge in [0.05, 0.1) is 0 Å². The molecule has 0 aliphatic heterocycles. The van der Waals surface area contributed by atoms with Gasteiger partial charge in [-0.25, -0.2) is 9.78 Å². The zero-order valence-corrected chi connectivity index (χ0v) is 9.31. The Hall–Kier alpha value is -1.58. The minimum atomic E-state index is -0.988. The summed E-state index contributed by atoms with van der Waals surface area (Å²) < 4.78 is 0. The van der Waals surface area contributed by atoms with Crippen molar-refractivity contribution in [3.63, 3.8) is 0 Å². The number of nitrogens with zero attached hydrogens (tertiary/aromatic N) is 1. The highest BCUT2D eigenvalue weighted by Gasteiger charge is 2.23. The second kappa shape index (κ2) is 4.51. The van der Waals surface area contributed by atoms with Crippen LogP contribution in [0.5, 0.6) is 0 Å². The molecule has 1 saturated carbocycles. The second-order valence-electron chi connectivity index (χ2n) is 4.44. The third-order valence-electron chi connectivity index (χ3n) is 2.75. The van der Waals surface area contributed by atoms with E-state index in [9.17, 15) is 4.79 Å². The second-order valence-corrected chi connectivity index (χ2v) is 4.44. The van der Waals surface area contributed by atoms with Crippen LogP contribution in [0.3, 0.4) is 0 Å². The number of rotatable bonds is 5. The van der Waals surface area contributed by atoms with Crippen molar-refractivity contribution in [2.45, 2.75) is 32.2 Å². The highest BCUT2D eigenvalue weighted by atomic mass is 16.4. The van der Waals surface area contributed by atoms with Crippen molar-refractivity contribution >= 4 is 11.8 Å². The number of hydrogen-bond donors (Lipinski definition) is 2. The standard InChI is InChI=1S/C12H16N2O2/c1-8(7-9-5-6-9)13-11-4-2-3-10(14-11)12(15)16/h2-4,8-9H,5-7H2,1H3,(H,13,14)(H,15,16). The molecule has 4 nitrogen and oxygen atoms in total. The number of hydrogen-bond acceptors (Lipinski definition) is 3. The fourth-order valence-electron chi connectivity index (χ4n) is 1.80. The fourth-order valence-corrected chi connectivity index (χ4v) is 1.80. The molecule has 0 amide bonds. The molecule has 1 aromatic rings. The Bertz CT molecular complexity index is 388. The van der Waals surface area contributed by atoms with Gasteiger partial charge in [0.25, 0.3) is 0 Å². The van der Waals surface area contributed by atoms with Crippen molar-refractivity contribution in [1.82, 2.24) is 4.98 Å². The van der Waals surface area contributed by atoms with Crippen LogP contribution in [-0.2, 0) is 0 Å². The maximum atomic E-state index is 10.7. The van der Waals surface area contributed by atoms with E-state index in [0.29, 0.717) is 11.9 Å². The molecular weight excluding hydrogens is 204 g/mol. The number of carboxylic acid groups (broad SMARTS) is 1. The lowest BCUT2D eigenvalue weighted by atomic mass is 10.1. The number of nitrogens with one attached hydrogen (secondary N) is 1. The van der Waals surface area contributed by atoms with Gasteiger partial charge in [-0.2, -0.15) is 0 Å². The topological polar surface area (TPSA) is 62.2 Å². The molecule has 0 saturated heterocycles. The summed E-state index contributed by atoms with van der Waals surface area (Å²) in [6, 6.07) is 5.36. The van der Waals surface area contributed by atoms with Crippen LogP contribution in [0.1, 0.15) is 36.7 Å². The van der Waals surface area contributed by atoms with E-state index in [4.69, 9.17) is 5.11 Å². The molecule has 0 radical (unpaired) electrons. The van der Waals surface area contributed by atoms with Crippen molar-refractivity contribution < 1.29 is 9.90 Å². The van der Waals surface area contributed by atoms with Gasteiger partial charge in [-0.1, -0.05) is 18.9 Å². The lowest BCUT2D eigenvalue weighted by Gasteiger charge is -2.13. The normalized spacial score (nSPS) is 16.8. The van der Waals surface area contributed by atoms with Crippen LogP contribution in [-0.4, -0.2) is 22.1 Å². The van der Waals surface area contributed by atoms with Crippen molar-refractivity contribution in [3.8, 4) is 0 Å². The van der Waals surface area contributed by atoms with Crippen molar-refractivity contribution in [2.24, 2.45) is 5.92 Å². The first-order valence-corrected chi connectivity index (χ1v) is 5.62. The predicted molar refractivity (Wildman–Crippen MR) is 61.6 cm³/mol. The molecule has 0 spiro atoms. The molecule has 1 aliphatic rings. The van der Waals surface area contributed by atoms with Crippen molar-refractivity contribution in [2.75, 3.05) is 5.32 Å². The third kappa shape index (κ3) is 2.95. The van der Waals surface area contributed by atoms with E-state index in [-0.39, 0.29) is 5.69 Å². The lowest BCUT2D eigenvalue weighted by Crippen LogP contribution is -2.17. The molecule has 4 heteroatoms. The monoisotopic (exact) mass is 220 g/mol. The molecule has 1 fully saturated rings. The summed E-state index contributed by atoms with van der Waals surface area (Å²) in [5, 5.41) is 12.0. The van der Waals surface area contributed by atoms with Gasteiger partial charge in [-0.15, -0.1) is 0 Å². The van der Waals surface area contributed by atoms with Crippen LogP contribution >= 0.6 is 0 Å². The molecule has 1 aliphatic carbocycles. The highest BCUT2D eigenvalue weighted by Crippen LogP contribution is 2.33. The minimum absolute atomic E-state index is 0.0867. The number of pyridine rings is 1. The summed E-state index contributed by atoms with van der Waals surface area (Å²) in [5.74, 6) is 0.511. The summed E-state index contributed by atoms with van der Waals surface area (Å²) in [7, 11) is 0. The first-order chi connectivity index (χ1) is 7.65. The largest absolute Gasteiger partial charge is 0.477 e. The summed E-state index contributed by atoms with van der Waals surface area (Å²) in [5.41, 5.74) is 0.0867. The van der Waals surface area contributed by atoms with Gasteiger partial charge in [0.15, 0.2) is 5.69 Å². The van der Waals surface area contributed by atoms with Crippen LogP contribution < -0.4 is 5.32 Å². The first kappa shape index (κ1) is 10.9. The van der Waals surface area contributed by atoms with Crippen LogP contribution in [0.25, 0.3) is 0 Å². The number of carboxylic acids is 1. The van der Waals surface area contributed by atoms with Crippen molar-refractivity contribution in [3.05, 3.63) is 23.9 Å². The molecule has 2 N–H and O–H groups in total. The van der Waals surface area contributed by atoms with E-state index in [1.54, 1.807) is 12.1 Å². The Morgan fingerprint density at radius 3 is 3.00 bits per heavy atom. The average molecular weight is 220 g/mol. The Morgan fingerprint density at radius 1 is 1.62 bits per heavy atom. The Morgan fingerprint density at radius 2 is 2.38 bits per heavy atom. The quantitative estimate of drug-likeness (QED) is 0.799. The third-order valence-corrected chi connectivity index (χ3v) is 2.75. The van der Waals surface area contributed by atoms with Gasteiger partial charge in [0.1, 0.15) is 5.82 Å². The first-order valence-electron chi connectivity index (χ1n) is 5.62. The van der Waals surface area contributed by atoms with E-state index in [0.717, 1.165) is 12.3 Å². The molecule has 86 valence electrons. The summed E-state index contributed by atoms with van der Waals surface area (Å²) in [4.78, 5) is 14.8. The zero-order valence-electron chi connectivity index (χ0n) is 9.31. The van der Waals surface area contributed by atoms with Crippen LogP contribution in [0.2, 0.25) is 0 Å². The minimum Gasteiger partial charge on any atom is -0.477 e. The maximum Gasteiger partial charge on any atom is 0.354 e. The average Bonchev–Trinajstić information content (AvgIpc) is 3.01. The molecule has 16 heavy (non-hydrogen) atoms. The number of carbonyl (C=O) groups is 1. The van der Waals surface area contributed by atoms with Gasteiger partial charge in [-0.3, -0.25) is 0 Å². The fraction of sp³-hybridized carbons (Fsp3) is 0.500. The summed E-state index contributed by atoms with van der Waals surface area (Å²) in [6.45, 7) is 2.10. The van der Waals surface area contributed by atoms with E-state index < -0.39 is 5.97 Å². The molecule has 1 atom stereocenters. The van der Waals surface area contributed by atoms with Gasteiger partial charge in [-0.05, 0) is 31.4 Å². The van der Waals surface area contributed by atoms with Gasteiger partial charge in [0, 0.05) is 6.04 Å². The van der Waals surface area contributed by atoms with Gasteiger partial charge < -0.3 is 10.4 Å². The Balaban J connectivity index is 1.96. The maximum absolute atomic E-state index is 10.7. The Kier molecular flexibility index (Phi) is 3.08. The summed E-state index contributed by atoms with van der Waals surface area (Å²) >= 11 is 0. The number of aromatic nitrogens is 1. The zero-order chi connectivity index (χ0) is 11.5.